The van der Waals surface area contributed by atoms with Gasteiger partial charge in [-0.3, -0.25) is 0 Å². The van der Waals surface area contributed by atoms with Crippen molar-refractivity contribution in [2.75, 3.05) is 61.2 Å². The van der Waals surface area contributed by atoms with Gasteiger partial charge in [0.05, 0.1) is 9.92 Å². The number of hydrogen-bond acceptors (Lipinski definition) is 8. The van der Waals surface area contributed by atoms with Gasteiger partial charge in [-0.15, -0.1) is 0 Å². The highest BCUT2D eigenvalue weighted by Crippen LogP contribution is 2.36. The van der Waals surface area contributed by atoms with Crippen LogP contribution in [0.3, 0.4) is 0 Å². The maximum Gasteiger partial charge on any atom is 0.238 e. The smallest absolute Gasteiger partial charge is 0.238 e. The van der Waals surface area contributed by atoms with Crippen LogP contribution < -0.4 is 14.7 Å². The second-order valence-corrected chi connectivity index (χ2v) is 11.9. The summed E-state index contributed by atoms with van der Waals surface area (Å²) in [5.74, 6) is 2.30. The molecule has 0 amide bonds. The summed E-state index contributed by atoms with van der Waals surface area (Å²) in [4.78, 5) is 11.5. The number of benzene rings is 1. The Morgan fingerprint density at radius 1 is 1.03 bits per heavy atom. The highest BCUT2D eigenvalue weighted by atomic mass is 35.5. The fraction of sp³-hybridized carbons (Fsp3) is 0.619. The van der Waals surface area contributed by atoms with E-state index in [2.05, 4.69) is 19.2 Å². The van der Waals surface area contributed by atoms with Crippen molar-refractivity contribution in [2.24, 2.45) is 11.8 Å². The van der Waals surface area contributed by atoms with Crippen molar-refractivity contribution in [1.29, 1.82) is 0 Å². The predicted octanol–water partition coefficient (Wildman–Crippen LogP) is 3.79. The molecule has 3 heterocycles. The zero-order valence-electron chi connectivity index (χ0n) is 18.3. The SMILES string of the molecule is CN(C)c1nsc(N2CCC(C3CCN(c4ccc(S(C)(=O)=O)c(Cl)c4)CC3)CC2)n1. The molecule has 0 N–H and O–H groups in total. The van der Waals surface area contributed by atoms with Crippen LogP contribution in [0.1, 0.15) is 25.7 Å². The minimum absolute atomic E-state index is 0.202. The highest BCUT2D eigenvalue weighted by molar-refractivity contribution is 7.90. The molecule has 0 aliphatic carbocycles. The number of rotatable bonds is 5. The van der Waals surface area contributed by atoms with Gasteiger partial charge in [-0.05, 0) is 55.7 Å². The summed E-state index contributed by atoms with van der Waals surface area (Å²) in [7, 11) is 0.645. The van der Waals surface area contributed by atoms with Gasteiger partial charge < -0.3 is 14.7 Å². The Balaban J connectivity index is 1.30. The Morgan fingerprint density at radius 2 is 1.61 bits per heavy atom. The fourth-order valence-electron chi connectivity index (χ4n) is 4.70. The quantitative estimate of drug-likeness (QED) is 0.640. The van der Waals surface area contributed by atoms with Crippen molar-refractivity contribution in [1.82, 2.24) is 9.36 Å². The van der Waals surface area contributed by atoms with E-state index < -0.39 is 9.84 Å². The third-order valence-electron chi connectivity index (χ3n) is 6.50. The molecule has 2 aliphatic heterocycles. The summed E-state index contributed by atoms with van der Waals surface area (Å²) in [6, 6.07) is 5.30. The molecule has 0 radical (unpaired) electrons. The Labute approximate surface area is 194 Å². The molecule has 1 aromatic heterocycles. The van der Waals surface area contributed by atoms with E-state index in [1.165, 1.54) is 43.5 Å². The first-order chi connectivity index (χ1) is 14.7. The number of piperidine rings is 2. The van der Waals surface area contributed by atoms with Crippen molar-refractivity contribution in [3.05, 3.63) is 23.2 Å². The van der Waals surface area contributed by atoms with Crippen LogP contribution >= 0.6 is 23.1 Å². The van der Waals surface area contributed by atoms with E-state index in [0.29, 0.717) is 5.02 Å². The van der Waals surface area contributed by atoms with Gasteiger partial charge in [-0.25, -0.2) is 8.42 Å². The average molecular weight is 484 g/mol. The van der Waals surface area contributed by atoms with E-state index in [1.54, 1.807) is 12.1 Å². The molecule has 0 atom stereocenters. The van der Waals surface area contributed by atoms with Crippen molar-refractivity contribution >= 4 is 49.7 Å². The lowest BCUT2D eigenvalue weighted by molar-refractivity contribution is 0.233. The molecule has 0 bridgehead atoms. The maximum absolute atomic E-state index is 11.8. The Bertz CT molecular complexity index is 1010. The van der Waals surface area contributed by atoms with E-state index in [1.807, 2.05) is 25.1 Å². The average Bonchev–Trinajstić information content (AvgIpc) is 3.24. The second kappa shape index (κ2) is 9.11. The van der Waals surface area contributed by atoms with Gasteiger partial charge in [0.15, 0.2) is 9.84 Å². The zero-order valence-corrected chi connectivity index (χ0v) is 20.7. The molecule has 10 heteroatoms. The van der Waals surface area contributed by atoms with E-state index in [-0.39, 0.29) is 4.90 Å². The maximum atomic E-state index is 11.8. The number of hydrogen-bond donors (Lipinski definition) is 0. The first-order valence-electron chi connectivity index (χ1n) is 10.7. The summed E-state index contributed by atoms with van der Waals surface area (Å²) >= 11 is 7.74. The summed E-state index contributed by atoms with van der Waals surface area (Å²) in [6.07, 6.45) is 5.93. The number of nitrogens with zero attached hydrogens (tertiary/aromatic N) is 5. The van der Waals surface area contributed by atoms with Crippen LogP contribution in [0.5, 0.6) is 0 Å². The van der Waals surface area contributed by atoms with E-state index >= 15 is 0 Å². The monoisotopic (exact) mass is 483 g/mol. The van der Waals surface area contributed by atoms with Gasteiger partial charge in [0.25, 0.3) is 0 Å². The Hall–Kier alpha value is -1.58. The standard InChI is InChI=1S/C21H30ClN5O2S2/c1-25(2)20-23-21(30-24-20)27-12-8-16(9-13-27)15-6-10-26(11-7-15)17-4-5-19(18(22)14-17)31(3,28)29/h4-5,14-16H,6-13H2,1-3H3. The van der Waals surface area contributed by atoms with Crippen LogP contribution in [0.2, 0.25) is 5.02 Å². The minimum atomic E-state index is -3.30. The molecule has 2 saturated heterocycles. The number of aromatic nitrogens is 2. The van der Waals surface area contributed by atoms with Gasteiger partial charge in [0.2, 0.25) is 11.1 Å². The molecule has 0 spiro atoms. The van der Waals surface area contributed by atoms with E-state index in [4.69, 9.17) is 11.6 Å². The van der Waals surface area contributed by atoms with E-state index in [9.17, 15) is 8.42 Å². The lowest BCUT2D eigenvalue weighted by atomic mass is 9.79. The van der Waals surface area contributed by atoms with Crippen LogP contribution in [0.15, 0.2) is 23.1 Å². The summed E-state index contributed by atoms with van der Waals surface area (Å²) in [6.45, 7) is 4.08. The predicted molar refractivity (Wildman–Crippen MR) is 129 cm³/mol. The Kier molecular flexibility index (Phi) is 6.65. The van der Waals surface area contributed by atoms with Crippen LogP contribution in [0, 0.1) is 11.8 Å². The number of anilines is 3. The van der Waals surface area contributed by atoms with Gasteiger partial charge in [-0.1, -0.05) is 11.6 Å². The zero-order chi connectivity index (χ0) is 22.2. The molecule has 2 aromatic rings. The van der Waals surface area contributed by atoms with Crippen molar-refractivity contribution in [2.45, 2.75) is 30.6 Å². The lowest BCUT2D eigenvalue weighted by Gasteiger charge is -2.40. The van der Waals surface area contributed by atoms with Crippen LogP contribution in [-0.2, 0) is 9.84 Å². The largest absolute Gasteiger partial charge is 0.371 e. The number of sulfone groups is 1. The van der Waals surface area contributed by atoms with Crippen LogP contribution in [-0.4, -0.2) is 64.3 Å². The molecule has 4 rings (SSSR count). The molecule has 7 nitrogen and oxygen atoms in total. The molecule has 2 fully saturated rings. The summed E-state index contributed by atoms with van der Waals surface area (Å²) < 4.78 is 28.0. The molecular weight excluding hydrogens is 454 g/mol. The number of halogens is 1. The minimum Gasteiger partial charge on any atom is -0.371 e. The second-order valence-electron chi connectivity index (χ2n) is 8.81. The normalized spacial score (nSPS) is 19.1. The fourth-order valence-corrected chi connectivity index (χ4v) is 6.81. The van der Waals surface area contributed by atoms with Gasteiger partial charge in [-0.2, -0.15) is 9.36 Å². The van der Waals surface area contributed by atoms with Crippen molar-refractivity contribution in [3.63, 3.8) is 0 Å². The highest BCUT2D eigenvalue weighted by Gasteiger charge is 2.31. The van der Waals surface area contributed by atoms with Crippen LogP contribution in [0.4, 0.5) is 16.8 Å². The molecule has 2 aliphatic rings. The van der Waals surface area contributed by atoms with Gasteiger partial charge >= 0.3 is 0 Å². The molecule has 31 heavy (non-hydrogen) atoms. The van der Waals surface area contributed by atoms with Gasteiger partial charge in [0.1, 0.15) is 0 Å². The third kappa shape index (κ3) is 5.09. The van der Waals surface area contributed by atoms with Gasteiger partial charge in [0, 0.05) is 63.8 Å². The molecule has 1 aromatic carbocycles. The van der Waals surface area contributed by atoms with E-state index in [0.717, 1.165) is 54.8 Å². The van der Waals surface area contributed by atoms with Crippen molar-refractivity contribution in [3.8, 4) is 0 Å². The Morgan fingerprint density at radius 3 is 2.10 bits per heavy atom. The topological polar surface area (TPSA) is 69.6 Å². The molecule has 0 saturated carbocycles. The lowest BCUT2D eigenvalue weighted by Crippen LogP contribution is -2.41. The van der Waals surface area contributed by atoms with Crippen molar-refractivity contribution < 1.29 is 8.42 Å². The first-order valence-corrected chi connectivity index (χ1v) is 13.8. The third-order valence-corrected chi connectivity index (χ3v) is 8.85. The molecular formula is C21H30ClN5O2S2. The molecule has 170 valence electrons. The molecule has 0 unspecified atom stereocenters. The first kappa shape index (κ1) is 22.6. The van der Waals surface area contributed by atoms with Crippen LogP contribution in [0.25, 0.3) is 0 Å². The summed E-state index contributed by atoms with van der Waals surface area (Å²) in [5.41, 5.74) is 1.01. The summed E-state index contributed by atoms with van der Waals surface area (Å²) in [5, 5.41) is 1.34.